The van der Waals surface area contributed by atoms with Gasteiger partial charge in [-0.15, -0.1) is 0 Å². The quantitative estimate of drug-likeness (QED) is 0.726. The summed E-state index contributed by atoms with van der Waals surface area (Å²) in [6.07, 6.45) is 0.444. The standard InChI is InChI=1S/C10H10N2O2/c13-10(14)9-6-8(11-12-9)7-4-2-1-3-5-7/h1-5,9,12H,6H2,(H,13,14). The maximum Gasteiger partial charge on any atom is 0.328 e. The van der Waals surface area contributed by atoms with Gasteiger partial charge in [-0.05, 0) is 5.56 Å². The highest BCUT2D eigenvalue weighted by atomic mass is 16.4. The highest BCUT2D eigenvalue weighted by Gasteiger charge is 2.24. The molecule has 0 spiro atoms. The van der Waals surface area contributed by atoms with Gasteiger partial charge in [0.05, 0.1) is 5.71 Å². The fourth-order valence-electron chi connectivity index (χ4n) is 1.40. The second kappa shape index (κ2) is 3.49. The van der Waals surface area contributed by atoms with Crippen LogP contribution in [-0.4, -0.2) is 22.8 Å². The summed E-state index contributed by atoms with van der Waals surface area (Å²) in [5.74, 6) is -0.861. The Balaban J connectivity index is 2.13. The number of rotatable bonds is 2. The minimum atomic E-state index is -0.861. The van der Waals surface area contributed by atoms with E-state index < -0.39 is 12.0 Å². The predicted octanol–water partition coefficient (Wildman–Crippen LogP) is 0.837. The van der Waals surface area contributed by atoms with Crippen LogP contribution < -0.4 is 5.43 Å². The Bertz CT molecular complexity index is 373. The number of hydrogen-bond donors (Lipinski definition) is 2. The smallest absolute Gasteiger partial charge is 0.328 e. The van der Waals surface area contributed by atoms with Crippen molar-refractivity contribution in [3.8, 4) is 0 Å². The molecule has 0 saturated carbocycles. The highest BCUT2D eigenvalue weighted by Crippen LogP contribution is 2.11. The second-order valence-corrected chi connectivity index (χ2v) is 3.15. The van der Waals surface area contributed by atoms with E-state index in [4.69, 9.17) is 5.11 Å². The zero-order valence-corrected chi connectivity index (χ0v) is 7.47. The largest absolute Gasteiger partial charge is 0.480 e. The lowest BCUT2D eigenvalue weighted by Gasteiger charge is -2.01. The Labute approximate surface area is 81.3 Å². The normalized spacial score (nSPS) is 20.0. The minimum absolute atomic E-state index is 0.444. The molecule has 0 bridgehead atoms. The third-order valence-corrected chi connectivity index (χ3v) is 2.16. The van der Waals surface area contributed by atoms with Gasteiger partial charge in [0.2, 0.25) is 0 Å². The fourth-order valence-corrected chi connectivity index (χ4v) is 1.40. The summed E-state index contributed by atoms with van der Waals surface area (Å²) in [4.78, 5) is 10.6. The van der Waals surface area contributed by atoms with Crippen LogP contribution in [0.3, 0.4) is 0 Å². The Hall–Kier alpha value is -1.84. The molecule has 0 aliphatic carbocycles. The van der Waals surface area contributed by atoms with E-state index in [1.54, 1.807) is 0 Å². The molecule has 4 heteroatoms. The maximum atomic E-state index is 10.6. The van der Waals surface area contributed by atoms with Gasteiger partial charge >= 0.3 is 5.97 Å². The third kappa shape index (κ3) is 1.59. The van der Waals surface area contributed by atoms with Crippen molar-refractivity contribution in [1.82, 2.24) is 5.43 Å². The van der Waals surface area contributed by atoms with E-state index in [0.717, 1.165) is 11.3 Å². The molecule has 0 saturated heterocycles. The van der Waals surface area contributed by atoms with Gasteiger partial charge in [0, 0.05) is 6.42 Å². The van der Waals surface area contributed by atoms with Crippen molar-refractivity contribution in [1.29, 1.82) is 0 Å². The molecule has 0 fully saturated rings. The first-order valence-electron chi connectivity index (χ1n) is 4.37. The molecule has 0 aromatic heterocycles. The van der Waals surface area contributed by atoms with Crippen LogP contribution in [0.4, 0.5) is 0 Å². The van der Waals surface area contributed by atoms with Crippen molar-refractivity contribution in [3.05, 3.63) is 35.9 Å². The highest BCUT2D eigenvalue weighted by molar-refractivity contribution is 6.04. The lowest BCUT2D eigenvalue weighted by molar-refractivity contribution is -0.139. The molecule has 1 unspecified atom stereocenters. The molecule has 0 radical (unpaired) electrons. The first-order valence-corrected chi connectivity index (χ1v) is 4.37. The summed E-state index contributed by atoms with van der Waals surface area (Å²) < 4.78 is 0. The molecule has 0 amide bonds. The Kier molecular flexibility index (Phi) is 2.18. The summed E-state index contributed by atoms with van der Waals surface area (Å²) in [5, 5.41) is 12.7. The zero-order valence-electron chi connectivity index (χ0n) is 7.47. The third-order valence-electron chi connectivity index (χ3n) is 2.16. The molecule has 2 rings (SSSR count). The van der Waals surface area contributed by atoms with E-state index in [-0.39, 0.29) is 0 Å². The van der Waals surface area contributed by atoms with Crippen LogP contribution in [0.1, 0.15) is 12.0 Å². The first-order chi connectivity index (χ1) is 6.77. The van der Waals surface area contributed by atoms with Gasteiger partial charge in [0.15, 0.2) is 0 Å². The Morgan fingerprint density at radius 1 is 1.43 bits per heavy atom. The van der Waals surface area contributed by atoms with Crippen LogP contribution in [0.2, 0.25) is 0 Å². The molecule has 14 heavy (non-hydrogen) atoms. The molecular weight excluding hydrogens is 180 g/mol. The van der Waals surface area contributed by atoms with Crippen LogP contribution in [0.5, 0.6) is 0 Å². The molecule has 1 atom stereocenters. The summed E-state index contributed by atoms with van der Waals surface area (Å²) in [5.41, 5.74) is 4.37. The van der Waals surface area contributed by atoms with E-state index in [9.17, 15) is 4.79 Å². The SMILES string of the molecule is O=C(O)C1CC(c2ccccc2)=NN1. The number of nitrogens with zero attached hydrogens (tertiary/aromatic N) is 1. The maximum absolute atomic E-state index is 10.6. The molecule has 2 N–H and O–H groups in total. The molecule has 1 aliphatic rings. The summed E-state index contributed by atoms with van der Waals surface area (Å²) in [6, 6.07) is 9.00. The molecule has 1 aromatic rings. The average molecular weight is 190 g/mol. The lowest BCUT2D eigenvalue weighted by Crippen LogP contribution is -2.29. The van der Waals surface area contributed by atoms with E-state index in [0.29, 0.717) is 6.42 Å². The lowest BCUT2D eigenvalue weighted by atomic mass is 10.0. The van der Waals surface area contributed by atoms with Crippen LogP contribution in [-0.2, 0) is 4.79 Å². The molecular formula is C10H10N2O2. The van der Waals surface area contributed by atoms with E-state index in [1.165, 1.54) is 0 Å². The van der Waals surface area contributed by atoms with Gasteiger partial charge < -0.3 is 5.11 Å². The van der Waals surface area contributed by atoms with Gasteiger partial charge in [-0.1, -0.05) is 30.3 Å². The molecule has 72 valence electrons. The van der Waals surface area contributed by atoms with Crippen molar-refractivity contribution in [3.63, 3.8) is 0 Å². The van der Waals surface area contributed by atoms with Gasteiger partial charge in [-0.2, -0.15) is 5.10 Å². The summed E-state index contributed by atoms with van der Waals surface area (Å²) in [7, 11) is 0. The number of carboxylic acids is 1. The van der Waals surface area contributed by atoms with Crippen molar-refractivity contribution in [2.75, 3.05) is 0 Å². The van der Waals surface area contributed by atoms with Crippen LogP contribution in [0, 0.1) is 0 Å². The van der Waals surface area contributed by atoms with Crippen molar-refractivity contribution >= 4 is 11.7 Å². The molecule has 1 aliphatic heterocycles. The van der Waals surface area contributed by atoms with E-state index in [2.05, 4.69) is 10.5 Å². The number of nitrogens with one attached hydrogen (secondary N) is 1. The number of carbonyl (C=O) groups is 1. The van der Waals surface area contributed by atoms with Gasteiger partial charge in [0.25, 0.3) is 0 Å². The fraction of sp³-hybridized carbons (Fsp3) is 0.200. The monoisotopic (exact) mass is 190 g/mol. The van der Waals surface area contributed by atoms with Gasteiger partial charge in [-0.25, -0.2) is 4.79 Å². The number of carboxylic acid groups (broad SMARTS) is 1. The van der Waals surface area contributed by atoms with Crippen LogP contribution in [0.15, 0.2) is 35.4 Å². The number of aliphatic carboxylic acids is 1. The summed E-state index contributed by atoms with van der Waals surface area (Å²) >= 11 is 0. The minimum Gasteiger partial charge on any atom is -0.480 e. The van der Waals surface area contributed by atoms with Crippen LogP contribution in [0.25, 0.3) is 0 Å². The first kappa shape index (κ1) is 8.74. The zero-order chi connectivity index (χ0) is 9.97. The van der Waals surface area contributed by atoms with Crippen molar-refractivity contribution in [2.24, 2.45) is 5.10 Å². The van der Waals surface area contributed by atoms with Gasteiger partial charge in [-0.3, -0.25) is 5.43 Å². The predicted molar refractivity (Wildman–Crippen MR) is 52.2 cm³/mol. The number of hydrogen-bond acceptors (Lipinski definition) is 3. The molecule has 1 aromatic carbocycles. The van der Waals surface area contributed by atoms with Crippen molar-refractivity contribution in [2.45, 2.75) is 12.5 Å². The Morgan fingerprint density at radius 2 is 2.14 bits per heavy atom. The van der Waals surface area contributed by atoms with E-state index >= 15 is 0 Å². The molecule has 1 heterocycles. The van der Waals surface area contributed by atoms with Crippen LogP contribution >= 0.6 is 0 Å². The molecule has 4 nitrogen and oxygen atoms in total. The Morgan fingerprint density at radius 3 is 2.71 bits per heavy atom. The number of hydrazone groups is 1. The second-order valence-electron chi connectivity index (χ2n) is 3.15. The van der Waals surface area contributed by atoms with E-state index in [1.807, 2.05) is 30.3 Å². The number of benzene rings is 1. The summed E-state index contributed by atoms with van der Waals surface area (Å²) in [6.45, 7) is 0. The van der Waals surface area contributed by atoms with Crippen molar-refractivity contribution < 1.29 is 9.90 Å². The topological polar surface area (TPSA) is 61.7 Å². The van der Waals surface area contributed by atoms with Gasteiger partial charge in [0.1, 0.15) is 6.04 Å². The average Bonchev–Trinajstić information content (AvgIpc) is 2.68.